The second kappa shape index (κ2) is 5.43. The van der Waals surface area contributed by atoms with Crippen LogP contribution in [0.15, 0.2) is 49.1 Å². The average molecular weight is 267 g/mol. The number of aliphatic hydroxyl groups excluding tert-OH is 1. The first-order valence-corrected chi connectivity index (χ1v) is 6.81. The highest BCUT2D eigenvalue weighted by atomic mass is 16.3. The van der Waals surface area contributed by atoms with E-state index in [-0.39, 0.29) is 0 Å². The second-order valence-electron chi connectivity index (χ2n) is 4.90. The minimum Gasteiger partial charge on any atom is -0.388 e. The number of nitrogens with zero attached hydrogens (tertiary/aromatic N) is 3. The first kappa shape index (κ1) is 12.8. The van der Waals surface area contributed by atoms with Gasteiger partial charge in [-0.2, -0.15) is 5.10 Å². The van der Waals surface area contributed by atoms with E-state index in [2.05, 4.69) is 41.3 Å². The van der Waals surface area contributed by atoms with Gasteiger partial charge in [0, 0.05) is 24.4 Å². The number of hydrogen-bond acceptors (Lipinski definition) is 3. The molecule has 0 radical (unpaired) electrons. The fourth-order valence-corrected chi connectivity index (χ4v) is 2.35. The summed E-state index contributed by atoms with van der Waals surface area (Å²) < 4.78 is 1.73. The third-order valence-corrected chi connectivity index (χ3v) is 3.57. The first-order chi connectivity index (χ1) is 9.78. The van der Waals surface area contributed by atoms with Crippen molar-refractivity contribution in [1.82, 2.24) is 14.6 Å². The maximum atomic E-state index is 10.4. The number of aliphatic hydroxyl groups is 1. The monoisotopic (exact) mass is 267 g/mol. The largest absolute Gasteiger partial charge is 0.388 e. The van der Waals surface area contributed by atoms with E-state index in [9.17, 15) is 5.11 Å². The van der Waals surface area contributed by atoms with E-state index in [0.717, 1.165) is 23.1 Å². The number of benzene rings is 1. The van der Waals surface area contributed by atoms with Crippen molar-refractivity contribution in [2.75, 3.05) is 0 Å². The summed E-state index contributed by atoms with van der Waals surface area (Å²) >= 11 is 0. The van der Waals surface area contributed by atoms with Crippen molar-refractivity contribution >= 4 is 5.52 Å². The minimum absolute atomic E-state index is 0.566. The van der Waals surface area contributed by atoms with E-state index < -0.39 is 6.10 Å². The molecule has 1 unspecified atom stereocenters. The lowest BCUT2D eigenvalue weighted by Crippen LogP contribution is -2.02. The molecule has 0 aliphatic heterocycles. The maximum absolute atomic E-state index is 10.4. The Labute approximate surface area is 117 Å². The first-order valence-electron chi connectivity index (χ1n) is 6.81. The van der Waals surface area contributed by atoms with Gasteiger partial charge in [-0.15, -0.1) is 0 Å². The molecule has 0 amide bonds. The lowest BCUT2D eigenvalue weighted by Gasteiger charge is -2.10. The highest BCUT2D eigenvalue weighted by molar-refractivity contribution is 5.52. The summed E-state index contributed by atoms with van der Waals surface area (Å²) in [5.41, 5.74) is 4.10. The lowest BCUT2D eigenvalue weighted by molar-refractivity contribution is 0.180. The van der Waals surface area contributed by atoms with Crippen LogP contribution < -0.4 is 0 Å². The minimum atomic E-state index is -0.566. The third-order valence-electron chi connectivity index (χ3n) is 3.57. The molecule has 0 saturated heterocycles. The zero-order chi connectivity index (χ0) is 13.9. The van der Waals surface area contributed by atoms with Crippen LogP contribution in [0.1, 0.15) is 29.7 Å². The molecule has 1 N–H and O–H groups in total. The van der Waals surface area contributed by atoms with Crippen LogP contribution in [0.5, 0.6) is 0 Å². The van der Waals surface area contributed by atoms with Gasteiger partial charge >= 0.3 is 0 Å². The van der Waals surface area contributed by atoms with Crippen LogP contribution in [-0.4, -0.2) is 19.7 Å². The Morgan fingerprint density at radius 1 is 1.15 bits per heavy atom. The molecule has 0 aliphatic carbocycles. The summed E-state index contributed by atoms with van der Waals surface area (Å²) in [6.45, 7) is 2.13. The van der Waals surface area contributed by atoms with Gasteiger partial charge in [-0.05, 0) is 17.5 Å². The average Bonchev–Trinajstić information content (AvgIpc) is 2.92. The van der Waals surface area contributed by atoms with Gasteiger partial charge in [0.15, 0.2) is 0 Å². The molecule has 0 saturated carbocycles. The quantitative estimate of drug-likeness (QED) is 0.790. The van der Waals surface area contributed by atoms with Crippen molar-refractivity contribution in [2.24, 2.45) is 0 Å². The highest BCUT2D eigenvalue weighted by Gasteiger charge is 2.14. The van der Waals surface area contributed by atoms with Crippen molar-refractivity contribution in [3.63, 3.8) is 0 Å². The van der Waals surface area contributed by atoms with Gasteiger partial charge in [0.25, 0.3) is 0 Å². The van der Waals surface area contributed by atoms with Crippen LogP contribution in [0.4, 0.5) is 0 Å². The zero-order valence-corrected chi connectivity index (χ0v) is 11.4. The van der Waals surface area contributed by atoms with Crippen LogP contribution in [0.3, 0.4) is 0 Å². The van der Waals surface area contributed by atoms with Crippen molar-refractivity contribution < 1.29 is 5.11 Å². The topological polar surface area (TPSA) is 50.4 Å². The van der Waals surface area contributed by atoms with Gasteiger partial charge in [0.05, 0.1) is 24.0 Å². The molecule has 0 spiro atoms. The fourth-order valence-electron chi connectivity index (χ4n) is 2.35. The lowest BCUT2D eigenvalue weighted by atomic mass is 10.0. The van der Waals surface area contributed by atoms with Gasteiger partial charge in [0.2, 0.25) is 0 Å². The molecule has 0 bridgehead atoms. The third kappa shape index (κ3) is 2.42. The molecule has 1 aromatic carbocycles. The van der Waals surface area contributed by atoms with Gasteiger partial charge < -0.3 is 5.11 Å². The Bertz CT molecular complexity index is 703. The zero-order valence-electron chi connectivity index (χ0n) is 11.4. The molecule has 0 aliphatic rings. The Kier molecular flexibility index (Phi) is 3.48. The number of fused-ring (bicyclic) bond motifs is 1. The van der Waals surface area contributed by atoms with Gasteiger partial charge in [-0.3, -0.25) is 4.98 Å². The molecule has 2 heterocycles. The number of rotatable bonds is 4. The fraction of sp³-hybridized carbons (Fsp3) is 0.250. The van der Waals surface area contributed by atoms with E-state index >= 15 is 0 Å². The molecule has 4 heteroatoms. The van der Waals surface area contributed by atoms with Crippen LogP contribution in [-0.2, 0) is 12.8 Å². The number of aryl methyl sites for hydroxylation is 1. The van der Waals surface area contributed by atoms with Gasteiger partial charge in [-0.1, -0.05) is 31.2 Å². The maximum Gasteiger partial charge on any atom is 0.0903 e. The summed E-state index contributed by atoms with van der Waals surface area (Å²) in [4.78, 5) is 4.09. The van der Waals surface area contributed by atoms with E-state index in [4.69, 9.17) is 0 Å². The Morgan fingerprint density at radius 3 is 2.65 bits per heavy atom. The van der Waals surface area contributed by atoms with Crippen molar-refractivity contribution in [2.45, 2.75) is 25.9 Å². The molecular weight excluding hydrogens is 250 g/mol. The van der Waals surface area contributed by atoms with Gasteiger partial charge in [-0.25, -0.2) is 4.52 Å². The van der Waals surface area contributed by atoms with E-state index in [0.29, 0.717) is 6.42 Å². The van der Waals surface area contributed by atoms with Crippen LogP contribution >= 0.6 is 0 Å². The van der Waals surface area contributed by atoms with E-state index in [1.54, 1.807) is 29.3 Å². The van der Waals surface area contributed by atoms with Crippen LogP contribution in [0.2, 0.25) is 0 Å². The molecule has 102 valence electrons. The Morgan fingerprint density at radius 2 is 1.90 bits per heavy atom. The standard InChI is InChI=1S/C16H17N3O/c1-2-12-3-5-13(6-4-12)9-16(20)14-10-18-19-8-7-17-11-15(14)19/h3-8,10-11,16,20H,2,9H2,1H3. The Balaban J connectivity index is 1.83. The molecule has 4 nitrogen and oxygen atoms in total. The van der Waals surface area contributed by atoms with Gasteiger partial charge in [0.1, 0.15) is 0 Å². The molecule has 3 rings (SSSR count). The van der Waals surface area contributed by atoms with Crippen molar-refractivity contribution in [3.05, 3.63) is 65.7 Å². The summed E-state index contributed by atoms with van der Waals surface area (Å²) in [6, 6.07) is 8.37. The molecule has 20 heavy (non-hydrogen) atoms. The van der Waals surface area contributed by atoms with Crippen LogP contribution in [0.25, 0.3) is 5.52 Å². The Hall–Kier alpha value is -2.20. The van der Waals surface area contributed by atoms with E-state index in [1.165, 1.54) is 5.56 Å². The van der Waals surface area contributed by atoms with Crippen molar-refractivity contribution in [3.8, 4) is 0 Å². The summed E-state index contributed by atoms with van der Waals surface area (Å²) in [5, 5.41) is 14.6. The predicted molar refractivity (Wildman–Crippen MR) is 77.5 cm³/mol. The van der Waals surface area contributed by atoms with Crippen LogP contribution in [0, 0.1) is 0 Å². The van der Waals surface area contributed by atoms with E-state index in [1.807, 2.05) is 0 Å². The molecule has 0 fully saturated rings. The molecule has 2 aromatic heterocycles. The predicted octanol–water partition coefficient (Wildman–Crippen LogP) is 2.57. The molecule has 3 aromatic rings. The smallest absolute Gasteiger partial charge is 0.0903 e. The summed E-state index contributed by atoms with van der Waals surface area (Å²) in [7, 11) is 0. The highest BCUT2D eigenvalue weighted by Crippen LogP contribution is 2.22. The summed E-state index contributed by atoms with van der Waals surface area (Å²) in [6.07, 6.45) is 7.95. The number of hydrogen-bond donors (Lipinski definition) is 1. The molecule has 1 atom stereocenters. The molecular formula is C16H17N3O. The normalized spacial score (nSPS) is 12.7. The van der Waals surface area contributed by atoms with Crippen molar-refractivity contribution in [1.29, 1.82) is 0 Å². The summed E-state index contributed by atoms with van der Waals surface area (Å²) in [5.74, 6) is 0. The number of aromatic nitrogens is 3. The SMILES string of the molecule is CCc1ccc(CC(O)c2cnn3ccncc23)cc1. The second-order valence-corrected chi connectivity index (χ2v) is 4.90.